The fraction of sp³-hybridized carbons (Fsp3) is 0.188. The minimum Gasteiger partial charge on any atom is -0.348 e. The number of hydrogen-bond donors (Lipinski definition) is 1. The van der Waals surface area contributed by atoms with Gasteiger partial charge in [0.05, 0.1) is 4.92 Å². The number of rotatable bonds is 5. The standard InChI is InChI=1S/C16H16N2O3S/c1-11-5-3-4-6-12(11)10-17-16(19)14-9-13(22-2)7-8-15(14)18(20)21/h3-9H,10H2,1-2H3,(H,17,19). The van der Waals surface area contributed by atoms with Crippen LogP contribution in [0.25, 0.3) is 0 Å². The molecule has 0 aliphatic rings. The van der Waals surface area contributed by atoms with Gasteiger partial charge >= 0.3 is 0 Å². The van der Waals surface area contributed by atoms with Crippen molar-refractivity contribution in [2.45, 2.75) is 18.4 Å². The van der Waals surface area contributed by atoms with Crippen LogP contribution in [-0.2, 0) is 6.54 Å². The lowest BCUT2D eigenvalue weighted by atomic mass is 10.1. The van der Waals surface area contributed by atoms with Crippen LogP contribution in [0.15, 0.2) is 47.4 Å². The van der Waals surface area contributed by atoms with E-state index in [-0.39, 0.29) is 11.3 Å². The van der Waals surface area contributed by atoms with Gasteiger partial charge in [-0.05, 0) is 36.4 Å². The number of nitro groups is 1. The minimum absolute atomic E-state index is 0.0884. The van der Waals surface area contributed by atoms with Crippen LogP contribution in [0.5, 0.6) is 0 Å². The zero-order valence-corrected chi connectivity index (χ0v) is 13.1. The van der Waals surface area contributed by atoms with Crippen molar-refractivity contribution in [1.82, 2.24) is 5.32 Å². The summed E-state index contributed by atoms with van der Waals surface area (Å²) in [6, 6.07) is 12.3. The maximum atomic E-state index is 12.3. The predicted molar refractivity (Wildman–Crippen MR) is 87.2 cm³/mol. The Bertz CT molecular complexity index is 716. The van der Waals surface area contributed by atoms with Crippen molar-refractivity contribution >= 4 is 23.4 Å². The molecule has 0 heterocycles. The molecule has 2 aromatic carbocycles. The normalized spacial score (nSPS) is 10.3. The molecule has 0 aromatic heterocycles. The van der Waals surface area contributed by atoms with Gasteiger partial charge in [-0.1, -0.05) is 24.3 Å². The van der Waals surface area contributed by atoms with Gasteiger partial charge < -0.3 is 5.32 Å². The van der Waals surface area contributed by atoms with Gasteiger partial charge in [-0.25, -0.2) is 0 Å². The fourth-order valence-electron chi connectivity index (χ4n) is 2.06. The Morgan fingerprint density at radius 1 is 1.27 bits per heavy atom. The van der Waals surface area contributed by atoms with Gasteiger partial charge in [-0.2, -0.15) is 0 Å². The van der Waals surface area contributed by atoms with Crippen molar-refractivity contribution in [2.75, 3.05) is 6.26 Å². The Morgan fingerprint density at radius 2 is 2.00 bits per heavy atom. The third-order valence-corrected chi connectivity index (χ3v) is 4.07. The largest absolute Gasteiger partial charge is 0.348 e. The van der Waals surface area contributed by atoms with Crippen molar-refractivity contribution < 1.29 is 9.72 Å². The average molecular weight is 316 g/mol. The molecule has 0 fully saturated rings. The van der Waals surface area contributed by atoms with Crippen LogP contribution in [-0.4, -0.2) is 17.1 Å². The van der Waals surface area contributed by atoms with E-state index in [1.165, 1.54) is 17.8 Å². The van der Waals surface area contributed by atoms with Crippen molar-refractivity contribution in [3.8, 4) is 0 Å². The van der Waals surface area contributed by atoms with Gasteiger partial charge in [0.2, 0.25) is 0 Å². The van der Waals surface area contributed by atoms with E-state index in [4.69, 9.17) is 0 Å². The first-order valence-corrected chi connectivity index (χ1v) is 7.90. The summed E-state index contributed by atoms with van der Waals surface area (Å²) in [6.45, 7) is 2.30. The third-order valence-electron chi connectivity index (χ3n) is 3.35. The number of hydrogen-bond acceptors (Lipinski definition) is 4. The molecular weight excluding hydrogens is 300 g/mol. The summed E-state index contributed by atoms with van der Waals surface area (Å²) >= 11 is 1.44. The molecule has 0 aliphatic carbocycles. The van der Waals surface area contributed by atoms with Gasteiger partial charge in [0.15, 0.2) is 0 Å². The molecule has 0 saturated carbocycles. The van der Waals surface area contributed by atoms with Gasteiger partial charge in [0, 0.05) is 17.5 Å². The number of benzene rings is 2. The molecule has 22 heavy (non-hydrogen) atoms. The smallest absolute Gasteiger partial charge is 0.282 e. The van der Waals surface area contributed by atoms with E-state index in [0.29, 0.717) is 6.54 Å². The molecule has 0 atom stereocenters. The van der Waals surface area contributed by atoms with E-state index in [9.17, 15) is 14.9 Å². The Morgan fingerprint density at radius 3 is 2.64 bits per heavy atom. The second-order valence-electron chi connectivity index (χ2n) is 4.75. The van der Waals surface area contributed by atoms with E-state index >= 15 is 0 Å². The second-order valence-corrected chi connectivity index (χ2v) is 5.63. The molecule has 0 saturated heterocycles. The quantitative estimate of drug-likeness (QED) is 0.520. The van der Waals surface area contributed by atoms with Gasteiger partial charge in [0.1, 0.15) is 5.56 Å². The fourth-order valence-corrected chi connectivity index (χ4v) is 2.50. The Hall–Kier alpha value is -2.34. The number of nitrogens with zero attached hydrogens (tertiary/aromatic N) is 1. The first kappa shape index (κ1) is 16.0. The molecule has 1 N–H and O–H groups in total. The topological polar surface area (TPSA) is 72.2 Å². The van der Waals surface area contributed by atoms with Crippen LogP contribution < -0.4 is 5.32 Å². The van der Waals surface area contributed by atoms with E-state index in [2.05, 4.69) is 5.32 Å². The molecule has 2 aromatic rings. The summed E-state index contributed by atoms with van der Waals surface area (Å²) in [4.78, 5) is 23.6. The molecule has 0 radical (unpaired) electrons. The maximum absolute atomic E-state index is 12.3. The van der Waals surface area contributed by atoms with Crippen LogP contribution >= 0.6 is 11.8 Å². The molecule has 114 valence electrons. The van der Waals surface area contributed by atoms with Crippen LogP contribution in [0, 0.1) is 17.0 Å². The number of carbonyl (C=O) groups is 1. The SMILES string of the molecule is CSc1ccc([N+](=O)[O-])c(C(=O)NCc2ccccc2C)c1. The van der Waals surface area contributed by atoms with Crippen molar-refractivity contribution in [2.24, 2.45) is 0 Å². The van der Waals surface area contributed by atoms with Crippen molar-refractivity contribution in [1.29, 1.82) is 0 Å². The van der Waals surface area contributed by atoms with Gasteiger partial charge in [-0.15, -0.1) is 11.8 Å². The van der Waals surface area contributed by atoms with E-state index < -0.39 is 10.8 Å². The molecule has 0 spiro atoms. The Labute approximate surface area is 132 Å². The van der Waals surface area contributed by atoms with Crippen LogP contribution in [0.2, 0.25) is 0 Å². The second kappa shape index (κ2) is 7.09. The van der Waals surface area contributed by atoms with Crippen LogP contribution in [0.4, 0.5) is 5.69 Å². The first-order valence-electron chi connectivity index (χ1n) is 6.68. The lowest BCUT2D eigenvalue weighted by Crippen LogP contribution is -2.24. The maximum Gasteiger partial charge on any atom is 0.282 e. The van der Waals surface area contributed by atoms with E-state index in [1.54, 1.807) is 12.1 Å². The molecule has 6 heteroatoms. The zero-order valence-electron chi connectivity index (χ0n) is 12.3. The highest BCUT2D eigenvalue weighted by Crippen LogP contribution is 2.24. The van der Waals surface area contributed by atoms with Crippen LogP contribution in [0.1, 0.15) is 21.5 Å². The highest BCUT2D eigenvalue weighted by Gasteiger charge is 2.20. The number of amides is 1. The van der Waals surface area contributed by atoms with Crippen molar-refractivity contribution in [3.05, 3.63) is 69.3 Å². The number of thioether (sulfide) groups is 1. The molecule has 1 amide bonds. The molecule has 0 unspecified atom stereocenters. The predicted octanol–water partition coefficient (Wildman–Crippen LogP) is 3.56. The summed E-state index contributed by atoms with van der Waals surface area (Å²) in [7, 11) is 0. The minimum atomic E-state index is -0.535. The van der Waals surface area contributed by atoms with Gasteiger partial charge in [0.25, 0.3) is 11.6 Å². The summed E-state index contributed by atoms with van der Waals surface area (Å²) in [5, 5.41) is 13.8. The Balaban J connectivity index is 2.22. The number of aryl methyl sites for hydroxylation is 1. The molecule has 0 aliphatic heterocycles. The molecular formula is C16H16N2O3S. The summed E-state index contributed by atoms with van der Waals surface area (Å²) in [5.74, 6) is -0.439. The summed E-state index contributed by atoms with van der Waals surface area (Å²) in [6.07, 6.45) is 1.86. The summed E-state index contributed by atoms with van der Waals surface area (Å²) < 4.78 is 0. The lowest BCUT2D eigenvalue weighted by Gasteiger charge is -2.09. The number of carbonyl (C=O) groups excluding carboxylic acids is 1. The first-order chi connectivity index (χ1) is 10.5. The zero-order chi connectivity index (χ0) is 16.1. The molecule has 2 rings (SSSR count). The van der Waals surface area contributed by atoms with Crippen LogP contribution in [0.3, 0.4) is 0 Å². The number of nitro benzene ring substituents is 1. The number of nitrogens with one attached hydrogen (secondary N) is 1. The van der Waals surface area contributed by atoms with E-state index in [0.717, 1.165) is 16.0 Å². The molecule has 0 bridgehead atoms. The van der Waals surface area contributed by atoms with E-state index in [1.807, 2.05) is 37.4 Å². The lowest BCUT2D eigenvalue weighted by molar-refractivity contribution is -0.385. The Kier molecular flexibility index (Phi) is 5.16. The highest BCUT2D eigenvalue weighted by molar-refractivity contribution is 7.98. The van der Waals surface area contributed by atoms with Crippen molar-refractivity contribution in [3.63, 3.8) is 0 Å². The molecule has 5 nitrogen and oxygen atoms in total. The summed E-state index contributed by atoms with van der Waals surface area (Å²) in [5.41, 5.74) is 1.96. The van der Waals surface area contributed by atoms with Gasteiger partial charge in [-0.3, -0.25) is 14.9 Å². The monoisotopic (exact) mass is 316 g/mol. The highest BCUT2D eigenvalue weighted by atomic mass is 32.2. The third kappa shape index (κ3) is 3.65. The average Bonchev–Trinajstić information content (AvgIpc) is 2.53.